The van der Waals surface area contributed by atoms with Gasteiger partial charge in [0.15, 0.2) is 0 Å². The molecule has 0 aliphatic carbocycles. The van der Waals surface area contributed by atoms with Crippen LogP contribution < -0.4 is 5.56 Å². The molecule has 2 heteroatoms. The van der Waals surface area contributed by atoms with Crippen molar-refractivity contribution < 1.29 is 0 Å². The van der Waals surface area contributed by atoms with Gasteiger partial charge in [-0.3, -0.25) is 9.36 Å². The van der Waals surface area contributed by atoms with Gasteiger partial charge < -0.3 is 0 Å². The number of pyridine rings is 1. The Balaban J connectivity index is 2.58. The average molecular weight is 199 g/mol. The number of aromatic nitrogens is 1. The molecule has 0 fully saturated rings. The smallest absolute Gasteiger partial charge is 0.255 e. The van der Waals surface area contributed by atoms with Crippen LogP contribution in [-0.2, 0) is 0 Å². The maximum Gasteiger partial charge on any atom is 0.255 e. The Morgan fingerprint density at radius 2 is 1.47 bits per heavy atom. The fourth-order valence-corrected chi connectivity index (χ4v) is 1.50. The predicted octanol–water partition coefficient (Wildman–Crippen LogP) is 2.45. The van der Waals surface area contributed by atoms with Crippen LogP contribution in [0.25, 0.3) is 5.69 Å². The van der Waals surface area contributed by atoms with Crippen molar-refractivity contribution in [2.75, 3.05) is 0 Å². The molecule has 1 aromatic carbocycles. The fourth-order valence-electron chi connectivity index (χ4n) is 1.50. The first-order chi connectivity index (χ1) is 7.16. The highest BCUT2D eigenvalue weighted by Gasteiger charge is 1.98. The molecule has 1 aromatic heterocycles. The second-order valence-corrected chi connectivity index (χ2v) is 3.75. The number of hydrogen-bond acceptors (Lipinski definition) is 1. The molecule has 15 heavy (non-hydrogen) atoms. The van der Waals surface area contributed by atoms with Crippen LogP contribution in [0.3, 0.4) is 0 Å². The lowest BCUT2D eigenvalue weighted by Crippen LogP contribution is -2.16. The highest BCUT2D eigenvalue weighted by Crippen LogP contribution is 2.07. The van der Waals surface area contributed by atoms with E-state index < -0.39 is 0 Å². The van der Waals surface area contributed by atoms with E-state index >= 15 is 0 Å². The zero-order valence-corrected chi connectivity index (χ0v) is 8.90. The molecular weight excluding hydrogens is 186 g/mol. The quantitative estimate of drug-likeness (QED) is 0.691. The van der Waals surface area contributed by atoms with E-state index in [-0.39, 0.29) is 5.56 Å². The van der Waals surface area contributed by atoms with Gasteiger partial charge in [0.05, 0.1) is 0 Å². The minimum Gasteiger partial charge on any atom is -0.284 e. The van der Waals surface area contributed by atoms with Crippen LogP contribution in [0.4, 0.5) is 0 Å². The first kappa shape index (κ1) is 9.71. The maximum absolute atomic E-state index is 11.6. The van der Waals surface area contributed by atoms with E-state index in [1.165, 1.54) is 5.56 Å². The Kier molecular flexibility index (Phi) is 2.42. The Bertz CT molecular complexity index is 523. The van der Waals surface area contributed by atoms with Gasteiger partial charge in [-0.05, 0) is 31.5 Å². The molecule has 0 saturated carbocycles. The normalized spacial score (nSPS) is 10.3. The first-order valence-electron chi connectivity index (χ1n) is 4.93. The monoisotopic (exact) mass is 199 g/mol. The van der Waals surface area contributed by atoms with Crippen molar-refractivity contribution in [1.82, 2.24) is 4.57 Å². The summed E-state index contributed by atoms with van der Waals surface area (Å²) in [5.74, 6) is 0. The standard InChI is InChI=1S/C13H13NO/c1-10-3-6-12(7-4-10)14-9-11(2)5-8-13(14)15/h3-9H,1-2H3. The van der Waals surface area contributed by atoms with Gasteiger partial charge >= 0.3 is 0 Å². The molecule has 0 bridgehead atoms. The highest BCUT2D eigenvalue weighted by molar-refractivity contribution is 5.35. The van der Waals surface area contributed by atoms with Crippen molar-refractivity contribution in [2.24, 2.45) is 0 Å². The van der Waals surface area contributed by atoms with E-state index in [0.29, 0.717) is 0 Å². The lowest BCUT2D eigenvalue weighted by Gasteiger charge is -2.06. The van der Waals surface area contributed by atoms with Crippen LogP contribution in [-0.4, -0.2) is 4.57 Å². The SMILES string of the molecule is Cc1ccc(-n2cc(C)ccc2=O)cc1. The molecule has 0 aliphatic rings. The zero-order valence-electron chi connectivity index (χ0n) is 8.90. The van der Waals surface area contributed by atoms with Crippen molar-refractivity contribution in [3.8, 4) is 5.69 Å². The summed E-state index contributed by atoms with van der Waals surface area (Å²) < 4.78 is 1.66. The Morgan fingerprint density at radius 1 is 0.867 bits per heavy atom. The number of rotatable bonds is 1. The van der Waals surface area contributed by atoms with Crippen LogP contribution >= 0.6 is 0 Å². The van der Waals surface area contributed by atoms with Gasteiger partial charge in [0.1, 0.15) is 0 Å². The molecular formula is C13H13NO. The van der Waals surface area contributed by atoms with Gasteiger partial charge in [0.25, 0.3) is 5.56 Å². The first-order valence-corrected chi connectivity index (χ1v) is 4.93. The van der Waals surface area contributed by atoms with Crippen molar-refractivity contribution in [1.29, 1.82) is 0 Å². The molecule has 0 atom stereocenters. The predicted molar refractivity (Wildman–Crippen MR) is 61.5 cm³/mol. The third-order valence-corrected chi connectivity index (χ3v) is 2.37. The van der Waals surface area contributed by atoms with E-state index in [0.717, 1.165) is 11.3 Å². The van der Waals surface area contributed by atoms with E-state index in [4.69, 9.17) is 0 Å². The summed E-state index contributed by atoms with van der Waals surface area (Å²) in [7, 11) is 0. The van der Waals surface area contributed by atoms with E-state index in [1.807, 2.05) is 50.4 Å². The largest absolute Gasteiger partial charge is 0.284 e. The average Bonchev–Trinajstić information content (AvgIpc) is 2.23. The van der Waals surface area contributed by atoms with Crippen LogP contribution in [0.2, 0.25) is 0 Å². The second-order valence-electron chi connectivity index (χ2n) is 3.75. The molecule has 0 N–H and O–H groups in total. The molecule has 2 aromatic rings. The summed E-state index contributed by atoms with van der Waals surface area (Å²) in [6.45, 7) is 4.01. The number of nitrogens with zero attached hydrogens (tertiary/aromatic N) is 1. The van der Waals surface area contributed by atoms with Crippen LogP contribution in [0.5, 0.6) is 0 Å². The van der Waals surface area contributed by atoms with Gasteiger partial charge in [0.2, 0.25) is 0 Å². The van der Waals surface area contributed by atoms with Crippen LogP contribution in [0.1, 0.15) is 11.1 Å². The third kappa shape index (κ3) is 1.99. The summed E-state index contributed by atoms with van der Waals surface area (Å²) in [4.78, 5) is 11.6. The van der Waals surface area contributed by atoms with Crippen LogP contribution in [0.15, 0.2) is 47.4 Å². The van der Waals surface area contributed by atoms with E-state index in [9.17, 15) is 4.79 Å². The topological polar surface area (TPSA) is 22.0 Å². The van der Waals surface area contributed by atoms with Gasteiger partial charge in [-0.15, -0.1) is 0 Å². The molecule has 0 radical (unpaired) electrons. The van der Waals surface area contributed by atoms with Gasteiger partial charge in [0, 0.05) is 18.0 Å². The molecule has 2 nitrogen and oxygen atoms in total. The second kappa shape index (κ2) is 3.73. The highest BCUT2D eigenvalue weighted by atomic mass is 16.1. The fraction of sp³-hybridized carbons (Fsp3) is 0.154. The molecule has 2 rings (SSSR count). The lowest BCUT2D eigenvalue weighted by molar-refractivity contribution is 0.975. The third-order valence-electron chi connectivity index (χ3n) is 2.37. The summed E-state index contributed by atoms with van der Waals surface area (Å²) in [6, 6.07) is 11.3. The minimum absolute atomic E-state index is 0.00412. The molecule has 0 spiro atoms. The summed E-state index contributed by atoms with van der Waals surface area (Å²) in [5.41, 5.74) is 3.19. The maximum atomic E-state index is 11.6. The minimum atomic E-state index is 0.00412. The lowest BCUT2D eigenvalue weighted by atomic mass is 10.2. The summed E-state index contributed by atoms with van der Waals surface area (Å²) >= 11 is 0. The molecule has 0 amide bonds. The van der Waals surface area contributed by atoms with Gasteiger partial charge in [-0.25, -0.2) is 0 Å². The van der Waals surface area contributed by atoms with Crippen LogP contribution in [0, 0.1) is 13.8 Å². The van der Waals surface area contributed by atoms with Crippen molar-refractivity contribution in [3.63, 3.8) is 0 Å². The van der Waals surface area contributed by atoms with Gasteiger partial charge in [-0.2, -0.15) is 0 Å². The van der Waals surface area contributed by atoms with E-state index in [2.05, 4.69) is 0 Å². The van der Waals surface area contributed by atoms with Crippen molar-refractivity contribution in [2.45, 2.75) is 13.8 Å². The zero-order chi connectivity index (χ0) is 10.8. The van der Waals surface area contributed by atoms with Crippen molar-refractivity contribution in [3.05, 3.63) is 64.1 Å². The Labute approximate surface area is 88.8 Å². The molecule has 0 unspecified atom stereocenters. The molecule has 0 saturated heterocycles. The van der Waals surface area contributed by atoms with Gasteiger partial charge in [-0.1, -0.05) is 23.8 Å². The summed E-state index contributed by atoms with van der Waals surface area (Å²) in [5, 5.41) is 0. The van der Waals surface area contributed by atoms with Crippen molar-refractivity contribution >= 4 is 0 Å². The molecule has 0 aliphatic heterocycles. The number of hydrogen-bond donors (Lipinski definition) is 0. The molecule has 76 valence electrons. The Morgan fingerprint density at radius 3 is 2.13 bits per heavy atom. The summed E-state index contributed by atoms with van der Waals surface area (Å²) in [6.07, 6.45) is 1.85. The molecule has 1 heterocycles. The number of aryl methyl sites for hydroxylation is 2. The number of benzene rings is 1. The Hall–Kier alpha value is -1.83. The van der Waals surface area contributed by atoms with E-state index in [1.54, 1.807) is 10.6 Å².